The van der Waals surface area contributed by atoms with Gasteiger partial charge in [0.25, 0.3) is 5.91 Å². The number of carbonyl (C=O) groups is 2. The summed E-state index contributed by atoms with van der Waals surface area (Å²) in [6, 6.07) is 8.73. The molecule has 2 amide bonds. The smallest absolute Gasteiger partial charge is 0.291 e. The molecule has 0 radical (unpaired) electrons. The zero-order valence-electron chi connectivity index (χ0n) is 17.8. The molecule has 0 N–H and O–H groups in total. The lowest BCUT2D eigenvalue weighted by Gasteiger charge is -2.31. The largest absolute Gasteiger partial charge is 0.438 e. The van der Waals surface area contributed by atoms with Crippen molar-refractivity contribution in [2.75, 3.05) is 26.2 Å². The Kier molecular flexibility index (Phi) is 6.50. The average Bonchev–Trinajstić information content (AvgIpc) is 3.45. The van der Waals surface area contributed by atoms with E-state index in [9.17, 15) is 9.59 Å². The van der Waals surface area contributed by atoms with E-state index in [1.165, 1.54) is 17.5 Å². The standard InChI is InChI=1S/C24H31N3O3/c1-18-23(30-17-25-18)24(29)27-14-10-21(11-15-27)16-20-6-4-19(5-7-20)8-9-22(28)26-12-2-3-13-26/h4-7,17,21H,2-3,8-16H2,1H3. The molecular formula is C24H31N3O3. The maximum Gasteiger partial charge on any atom is 0.291 e. The summed E-state index contributed by atoms with van der Waals surface area (Å²) in [4.78, 5) is 32.6. The van der Waals surface area contributed by atoms with Crippen LogP contribution in [0.3, 0.4) is 0 Å². The summed E-state index contributed by atoms with van der Waals surface area (Å²) in [6.07, 6.45) is 8.10. The number of rotatable bonds is 6. The van der Waals surface area contributed by atoms with Crippen molar-refractivity contribution in [3.8, 4) is 0 Å². The van der Waals surface area contributed by atoms with Gasteiger partial charge < -0.3 is 14.2 Å². The van der Waals surface area contributed by atoms with Crippen LogP contribution in [-0.2, 0) is 17.6 Å². The van der Waals surface area contributed by atoms with E-state index in [1.54, 1.807) is 6.92 Å². The summed E-state index contributed by atoms with van der Waals surface area (Å²) >= 11 is 0. The summed E-state index contributed by atoms with van der Waals surface area (Å²) in [6.45, 7) is 5.19. The van der Waals surface area contributed by atoms with Crippen LogP contribution in [0.2, 0.25) is 0 Å². The molecule has 4 rings (SSSR count). The Balaban J connectivity index is 1.22. The molecule has 1 aromatic carbocycles. The van der Waals surface area contributed by atoms with Gasteiger partial charge in [0.15, 0.2) is 6.39 Å². The Hall–Kier alpha value is -2.63. The molecule has 2 aliphatic heterocycles. The summed E-state index contributed by atoms with van der Waals surface area (Å²) in [7, 11) is 0. The first-order valence-corrected chi connectivity index (χ1v) is 11.1. The average molecular weight is 410 g/mol. The topological polar surface area (TPSA) is 66.7 Å². The van der Waals surface area contributed by atoms with Crippen molar-refractivity contribution in [3.63, 3.8) is 0 Å². The normalized spacial score (nSPS) is 17.5. The van der Waals surface area contributed by atoms with Crippen molar-refractivity contribution in [1.29, 1.82) is 0 Å². The highest BCUT2D eigenvalue weighted by molar-refractivity contribution is 5.92. The summed E-state index contributed by atoms with van der Waals surface area (Å²) < 4.78 is 5.25. The quantitative estimate of drug-likeness (QED) is 0.731. The van der Waals surface area contributed by atoms with Gasteiger partial charge in [-0.2, -0.15) is 0 Å². The third-order valence-electron chi connectivity index (χ3n) is 6.48. The van der Waals surface area contributed by atoms with E-state index in [0.29, 0.717) is 29.7 Å². The zero-order valence-corrected chi connectivity index (χ0v) is 17.8. The Labute approximate surface area is 178 Å². The number of likely N-dealkylation sites (tertiary alicyclic amines) is 2. The minimum atomic E-state index is -0.0451. The third kappa shape index (κ3) is 4.91. The van der Waals surface area contributed by atoms with Crippen LogP contribution >= 0.6 is 0 Å². The van der Waals surface area contributed by atoms with Gasteiger partial charge in [-0.3, -0.25) is 9.59 Å². The van der Waals surface area contributed by atoms with Gasteiger partial charge in [0.05, 0.1) is 5.69 Å². The molecule has 2 saturated heterocycles. The van der Waals surface area contributed by atoms with Crippen molar-refractivity contribution >= 4 is 11.8 Å². The molecule has 1 aromatic heterocycles. The predicted octanol–water partition coefficient (Wildman–Crippen LogP) is 3.63. The van der Waals surface area contributed by atoms with E-state index in [0.717, 1.165) is 64.7 Å². The fourth-order valence-corrected chi connectivity index (χ4v) is 4.54. The van der Waals surface area contributed by atoms with Gasteiger partial charge in [0.2, 0.25) is 11.7 Å². The van der Waals surface area contributed by atoms with E-state index >= 15 is 0 Å². The van der Waals surface area contributed by atoms with Crippen molar-refractivity contribution in [3.05, 3.63) is 53.2 Å². The second-order valence-corrected chi connectivity index (χ2v) is 8.61. The number of oxazole rings is 1. The summed E-state index contributed by atoms with van der Waals surface area (Å²) in [5.41, 5.74) is 3.22. The Morgan fingerprint density at radius 3 is 2.30 bits per heavy atom. The molecule has 160 valence electrons. The van der Waals surface area contributed by atoms with Crippen molar-refractivity contribution < 1.29 is 14.0 Å². The SMILES string of the molecule is Cc1ncoc1C(=O)N1CCC(Cc2ccc(CCC(=O)N3CCCC3)cc2)CC1. The van der Waals surface area contributed by atoms with Crippen LogP contribution in [0.4, 0.5) is 0 Å². The van der Waals surface area contributed by atoms with E-state index in [-0.39, 0.29) is 5.91 Å². The second-order valence-electron chi connectivity index (χ2n) is 8.61. The highest BCUT2D eigenvalue weighted by atomic mass is 16.3. The first kappa shape index (κ1) is 20.6. The molecule has 0 bridgehead atoms. The molecule has 0 atom stereocenters. The van der Waals surface area contributed by atoms with Crippen LogP contribution in [0.15, 0.2) is 35.1 Å². The molecule has 0 spiro atoms. The lowest BCUT2D eigenvalue weighted by Crippen LogP contribution is -2.39. The number of aromatic nitrogens is 1. The van der Waals surface area contributed by atoms with Crippen LogP contribution in [0.25, 0.3) is 0 Å². The molecule has 6 heteroatoms. The Bertz CT molecular complexity index is 860. The van der Waals surface area contributed by atoms with Crippen molar-refractivity contribution in [2.24, 2.45) is 5.92 Å². The molecule has 0 unspecified atom stereocenters. The number of nitrogens with zero attached hydrogens (tertiary/aromatic N) is 3. The van der Waals surface area contributed by atoms with Gasteiger partial charge in [-0.15, -0.1) is 0 Å². The zero-order chi connectivity index (χ0) is 20.9. The van der Waals surface area contributed by atoms with Gasteiger partial charge in [0, 0.05) is 32.6 Å². The molecule has 0 saturated carbocycles. The molecule has 3 heterocycles. The number of piperidine rings is 1. The van der Waals surface area contributed by atoms with Crippen LogP contribution in [-0.4, -0.2) is 52.8 Å². The summed E-state index contributed by atoms with van der Waals surface area (Å²) in [5, 5.41) is 0. The first-order valence-electron chi connectivity index (χ1n) is 11.1. The van der Waals surface area contributed by atoms with Gasteiger partial charge >= 0.3 is 0 Å². The van der Waals surface area contributed by atoms with Crippen LogP contribution < -0.4 is 0 Å². The maximum absolute atomic E-state index is 12.5. The number of hydrogen-bond acceptors (Lipinski definition) is 4. The van der Waals surface area contributed by atoms with Crippen LogP contribution in [0.5, 0.6) is 0 Å². The number of benzene rings is 1. The van der Waals surface area contributed by atoms with Crippen molar-refractivity contribution in [2.45, 2.75) is 51.9 Å². The lowest BCUT2D eigenvalue weighted by atomic mass is 9.89. The predicted molar refractivity (Wildman–Crippen MR) is 114 cm³/mol. The minimum Gasteiger partial charge on any atom is -0.438 e. The Morgan fingerprint density at radius 1 is 1.00 bits per heavy atom. The molecule has 6 nitrogen and oxygen atoms in total. The molecular weight excluding hydrogens is 378 g/mol. The minimum absolute atomic E-state index is 0.0451. The van der Waals surface area contributed by atoms with Crippen LogP contribution in [0, 0.1) is 12.8 Å². The summed E-state index contributed by atoms with van der Waals surface area (Å²) in [5.74, 6) is 1.20. The van der Waals surface area contributed by atoms with E-state index in [4.69, 9.17) is 4.42 Å². The lowest BCUT2D eigenvalue weighted by molar-refractivity contribution is -0.130. The number of aryl methyl sites for hydroxylation is 2. The molecule has 2 aliphatic rings. The third-order valence-corrected chi connectivity index (χ3v) is 6.48. The number of amides is 2. The second kappa shape index (κ2) is 9.45. The Morgan fingerprint density at radius 2 is 1.67 bits per heavy atom. The first-order chi connectivity index (χ1) is 14.6. The van der Waals surface area contributed by atoms with Gasteiger partial charge in [-0.1, -0.05) is 24.3 Å². The van der Waals surface area contributed by atoms with E-state index < -0.39 is 0 Å². The van der Waals surface area contributed by atoms with Crippen LogP contribution in [0.1, 0.15) is 59.5 Å². The maximum atomic E-state index is 12.5. The molecule has 2 fully saturated rings. The molecule has 2 aromatic rings. The fraction of sp³-hybridized carbons (Fsp3) is 0.542. The fourth-order valence-electron chi connectivity index (χ4n) is 4.54. The number of hydrogen-bond donors (Lipinski definition) is 0. The van der Waals surface area contributed by atoms with E-state index in [2.05, 4.69) is 29.2 Å². The van der Waals surface area contributed by atoms with E-state index in [1.807, 2.05) is 9.80 Å². The van der Waals surface area contributed by atoms with Gasteiger partial charge in [-0.25, -0.2) is 4.98 Å². The highest BCUT2D eigenvalue weighted by Crippen LogP contribution is 2.24. The van der Waals surface area contributed by atoms with Crippen molar-refractivity contribution in [1.82, 2.24) is 14.8 Å². The van der Waals surface area contributed by atoms with Gasteiger partial charge in [0.1, 0.15) is 0 Å². The molecule has 30 heavy (non-hydrogen) atoms. The number of carbonyl (C=O) groups excluding carboxylic acids is 2. The monoisotopic (exact) mass is 409 g/mol. The van der Waals surface area contributed by atoms with Gasteiger partial charge in [-0.05, 0) is 62.5 Å². The molecule has 0 aliphatic carbocycles. The highest BCUT2D eigenvalue weighted by Gasteiger charge is 2.26.